The summed E-state index contributed by atoms with van der Waals surface area (Å²) in [5, 5.41) is 0. The Bertz CT molecular complexity index is 473. The van der Waals surface area contributed by atoms with Gasteiger partial charge in [-0.2, -0.15) is 0 Å². The van der Waals surface area contributed by atoms with E-state index in [0.29, 0.717) is 5.41 Å². The Labute approximate surface area is 153 Å². The molecular formula is C21H36N2S. The Hall–Kier alpha value is -0.250. The minimum Gasteiger partial charge on any atom is -0.300 e. The zero-order valence-electron chi connectivity index (χ0n) is 16.2. The van der Waals surface area contributed by atoms with Crippen molar-refractivity contribution < 1.29 is 0 Å². The Morgan fingerprint density at radius 3 is 2.29 bits per heavy atom. The van der Waals surface area contributed by atoms with Gasteiger partial charge in [0, 0.05) is 24.0 Å². The van der Waals surface area contributed by atoms with E-state index in [4.69, 9.17) is 0 Å². The normalized spacial score (nSPS) is 26.3. The molecule has 0 spiro atoms. The molecule has 2 heterocycles. The highest BCUT2D eigenvalue weighted by molar-refractivity contribution is 8.01. The minimum absolute atomic E-state index is 0.318. The summed E-state index contributed by atoms with van der Waals surface area (Å²) in [6.45, 7) is 14.6. The summed E-state index contributed by atoms with van der Waals surface area (Å²) in [6, 6.07) is 0.843. The summed E-state index contributed by atoms with van der Waals surface area (Å²) in [5.41, 5.74) is 1.93. The monoisotopic (exact) mass is 348 g/mol. The molecule has 0 N–H and O–H groups in total. The van der Waals surface area contributed by atoms with Crippen LogP contribution in [0, 0.1) is 11.3 Å². The van der Waals surface area contributed by atoms with Gasteiger partial charge in [-0.3, -0.25) is 0 Å². The first-order chi connectivity index (χ1) is 11.4. The van der Waals surface area contributed by atoms with Crippen molar-refractivity contribution in [2.24, 2.45) is 11.3 Å². The van der Waals surface area contributed by atoms with E-state index in [9.17, 15) is 0 Å². The molecule has 136 valence electrons. The quantitative estimate of drug-likeness (QED) is 0.623. The van der Waals surface area contributed by atoms with Gasteiger partial charge in [0.05, 0.1) is 0 Å². The van der Waals surface area contributed by atoms with Crippen molar-refractivity contribution in [2.45, 2.75) is 72.3 Å². The molecule has 0 aromatic heterocycles. The zero-order chi connectivity index (χ0) is 17.2. The van der Waals surface area contributed by atoms with Gasteiger partial charge in [0.15, 0.2) is 0 Å². The number of hydrogen-bond donors (Lipinski definition) is 0. The lowest BCUT2D eigenvalue weighted by atomic mass is 9.82. The number of piperidine rings is 2. The predicted octanol–water partition coefficient (Wildman–Crippen LogP) is 5.48. The maximum Gasteiger partial charge on any atom is 0.0190 e. The average molecular weight is 349 g/mol. The maximum atomic E-state index is 2.78. The van der Waals surface area contributed by atoms with Crippen molar-refractivity contribution >= 4 is 11.9 Å². The summed E-state index contributed by atoms with van der Waals surface area (Å²) in [5.74, 6) is 0.943. The van der Waals surface area contributed by atoms with Gasteiger partial charge in [-0.05, 0) is 81.0 Å². The Kier molecular flexibility index (Phi) is 6.16. The topological polar surface area (TPSA) is 6.48 Å². The lowest BCUT2D eigenvalue weighted by Gasteiger charge is -2.41. The molecule has 2 aliphatic heterocycles. The third-order valence-electron chi connectivity index (χ3n) is 6.03. The van der Waals surface area contributed by atoms with Crippen LogP contribution < -0.4 is 0 Å². The molecule has 24 heavy (non-hydrogen) atoms. The van der Waals surface area contributed by atoms with Crippen molar-refractivity contribution in [1.82, 2.24) is 9.21 Å². The Morgan fingerprint density at radius 1 is 1.00 bits per heavy atom. The molecule has 2 fully saturated rings. The number of allylic oxidation sites excluding steroid dienone is 3. The van der Waals surface area contributed by atoms with Crippen molar-refractivity contribution in [3.8, 4) is 0 Å². The second-order valence-electron chi connectivity index (χ2n) is 9.03. The fourth-order valence-electron chi connectivity index (χ4n) is 4.17. The summed E-state index contributed by atoms with van der Waals surface area (Å²) >= 11 is 2.01. The lowest BCUT2D eigenvalue weighted by Crippen LogP contribution is -2.46. The minimum atomic E-state index is 0.318. The highest BCUT2D eigenvalue weighted by atomic mass is 32.2. The molecule has 3 heteroatoms. The molecule has 0 radical (unpaired) electrons. The Balaban J connectivity index is 1.47. The van der Waals surface area contributed by atoms with Gasteiger partial charge in [0.2, 0.25) is 0 Å². The van der Waals surface area contributed by atoms with E-state index in [-0.39, 0.29) is 0 Å². The number of nitrogens with zero attached hydrogens (tertiary/aromatic N) is 2. The predicted molar refractivity (Wildman–Crippen MR) is 107 cm³/mol. The van der Waals surface area contributed by atoms with Crippen LogP contribution in [-0.2, 0) is 0 Å². The molecule has 0 bridgehead atoms. The molecular weight excluding hydrogens is 312 g/mol. The summed E-state index contributed by atoms with van der Waals surface area (Å²) in [7, 11) is 0. The zero-order valence-corrected chi connectivity index (χ0v) is 17.0. The highest BCUT2D eigenvalue weighted by Crippen LogP contribution is 2.37. The van der Waals surface area contributed by atoms with E-state index in [2.05, 4.69) is 49.1 Å². The maximum absolute atomic E-state index is 2.78. The standard InChI is InChI=1S/C21H36N2S/c1-17-8-12-22(13-9-17)19-10-14-23(15-11-19)24-20-7-5-6-18(16-20)21(2,3)4/h7,16-17,19H,5-6,8-15H2,1-4H3. The van der Waals surface area contributed by atoms with Crippen LogP contribution in [0.25, 0.3) is 0 Å². The molecule has 0 aromatic carbocycles. The fraction of sp³-hybridized carbons (Fsp3) is 0.810. The Morgan fingerprint density at radius 2 is 1.67 bits per heavy atom. The number of hydrogen-bond acceptors (Lipinski definition) is 3. The van der Waals surface area contributed by atoms with Crippen molar-refractivity contribution in [2.75, 3.05) is 26.2 Å². The third-order valence-corrected chi connectivity index (χ3v) is 7.15. The molecule has 0 unspecified atom stereocenters. The van der Waals surface area contributed by atoms with Crippen LogP contribution in [0.4, 0.5) is 0 Å². The molecule has 2 saturated heterocycles. The average Bonchev–Trinajstić information content (AvgIpc) is 2.56. The summed E-state index contributed by atoms with van der Waals surface area (Å²) in [6.07, 6.45) is 12.9. The van der Waals surface area contributed by atoms with Crippen molar-refractivity contribution in [1.29, 1.82) is 0 Å². The van der Waals surface area contributed by atoms with Crippen LogP contribution in [0.3, 0.4) is 0 Å². The molecule has 0 aromatic rings. The lowest BCUT2D eigenvalue weighted by molar-refractivity contribution is 0.103. The van der Waals surface area contributed by atoms with Crippen LogP contribution in [0.5, 0.6) is 0 Å². The van der Waals surface area contributed by atoms with Gasteiger partial charge in [0.1, 0.15) is 0 Å². The van der Waals surface area contributed by atoms with E-state index in [0.717, 1.165) is 12.0 Å². The molecule has 0 atom stereocenters. The largest absolute Gasteiger partial charge is 0.300 e. The molecule has 0 amide bonds. The van der Waals surface area contributed by atoms with E-state index < -0.39 is 0 Å². The van der Waals surface area contributed by atoms with Crippen LogP contribution in [0.2, 0.25) is 0 Å². The second-order valence-corrected chi connectivity index (χ2v) is 10.2. The molecule has 2 nitrogen and oxygen atoms in total. The number of likely N-dealkylation sites (tertiary alicyclic amines) is 1. The SMILES string of the molecule is CC1CCN(C2CCN(SC3=CCCC(C(C)(C)C)=C3)CC2)CC1. The highest BCUT2D eigenvalue weighted by Gasteiger charge is 2.28. The summed E-state index contributed by atoms with van der Waals surface area (Å²) < 4.78 is 2.61. The van der Waals surface area contributed by atoms with Crippen LogP contribution >= 0.6 is 11.9 Å². The second kappa shape index (κ2) is 7.97. The van der Waals surface area contributed by atoms with E-state index in [1.165, 1.54) is 69.6 Å². The molecule has 1 aliphatic carbocycles. The first-order valence-corrected chi connectivity index (χ1v) is 10.8. The van der Waals surface area contributed by atoms with Crippen LogP contribution in [0.1, 0.15) is 66.2 Å². The number of rotatable bonds is 3. The summed E-state index contributed by atoms with van der Waals surface area (Å²) in [4.78, 5) is 4.26. The van der Waals surface area contributed by atoms with Gasteiger partial charge in [-0.1, -0.05) is 39.3 Å². The van der Waals surface area contributed by atoms with E-state index in [1.807, 2.05) is 11.9 Å². The van der Waals surface area contributed by atoms with Gasteiger partial charge in [-0.25, -0.2) is 4.31 Å². The van der Waals surface area contributed by atoms with E-state index in [1.54, 1.807) is 5.57 Å². The fourth-order valence-corrected chi connectivity index (χ4v) is 5.25. The first kappa shape index (κ1) is 18.5. The van der Waals surface area contributed by atoms with Gasteiger partial charge >= 0.3 is 0 Å². The van der Waals surface area contributed by atoms with Gasteiger partial charge < -0.3 is 4.90 Å². The van der Waals surface area contributed by atoms with Crippen LogP contribution in [0.15, 0.2) is 22.6 Å². The molecule has 0 saturated carbocycles. The molecule has 3 rings (SSSR count). The third kappa shape index (κ3) is 4.89. The van der Waals surface area contributed by atoms with Crippen LogP contribution in [-0.4, -0.2) is 41.4 Å². The molecule has 3 aliphatic rings. The smallest absolute Gasteiger partial charge is 0.0190 e. The first-order valence-electron chi connectivity index (χ1n) is 10.00. The van der Waals surface area contributed by atoms with Gasteiger partial charge in [-0.15, -0.1) is 0 Å². The van der Waals surface area contributed by atoms with Gasteiger partial charge in [0.25, 0.3) is 0 Å². The van der Waals surface area contributed by atoms with E-state index >= 15 is 0 Å². The van der Waals surface area contributed by atoms with Crippen molar-refractivity contribution in [3.05, 3.63) is 22.6 Å². The van der Waals surface area contributed by atoms with Crippen molar-refractivity contribution in [3.63, 3.8) is 0 Å².